The molecule has 7 heteroatoms. The van der Waals surface area contributed by atoms with Gasteiger partial charge in [-0.2, -0.15) is 0 Å². The lowest BCUT2D eigenvalue weighted by Gasteiger charge is -1.96. The van der Waals surface area contributed by atoms with E-state index >= 15 is 0 Å². The van der Waals surface area contributed by atoms with Gasteiger partial charge in [0.15, 0.2) is 6.39 Å². The summed E-state index contributed by atoms with van der Waals surface area (Å²) in [7, 11) is 2.76. The van der Waals surface area contributed by atoms with Crippen molar-refractivity contribution >= 4 is 5.97 Å². The number of carbonyl (C=O) groups is 1. The first kappa shape index (κ1) is 12.3. The number of hydrogen-bond acceptors (Lipinski definition) is 7. The molecular formula is C11H12N2O5. The molecule has 0 fully saturated rings. The molecule has 0 aliphatic carbocycles. The maximum atomic E-state index is 11.5. The second-order valence-electron chi connectivity index (χ2n) is 3.49. The summed E-state index contributed by atoms with van der Waals surface area (Å²) in [4.78, 5) is 19.6. The molecule has 0 bridgehead atoms. The molecule has 2 aromatic rings. The van der Waals surface area contributed by atoms with Gasteiger partial charge in [-0.15, -0.1) is 0 Å². The Morgan fingerprint density at radius 3 is 2.78 bits per heavy atom. The number of rotatable bonds is 4. The average molecular weight is 252 g/mol. The first-order valence-electron chi connectivity index (χ1n) is 5.14. The predicted molar refractivity (Wildman–Crippen MR) is 58.8 cm³/mol. The molecular weight excluding hydrogens is 240 g/mol. The van der Waals surface area contributed by atoms with Gasteiger partial charge in [-0.3, -0.25) is 0 Å². The highest BCUT2D eigenvalue weighted by Crippen LogP contribution is 2.25. The second kappa shape index (κ2) is 5.01. The van der Waals surface area contributed by atoms with E-state index in [9.17, 15) is 4.79 Å². The molecule has 2 rings (SSSR count). The first-order chi connectivity index (χ1) is 8.67. The Labute approximate surface area is 103 Å². The van der Waals surface area contributed by atoms with Crippen molar-refractivity contribution in [3.8, 4) is 11.7 Å². The fraction of sp³-hybridized carbons (Fsp3) is 0.364. The quantitative estimate of drug-likeness (QED) is 0.763. The average Bonchev–Trinajstić information content (AvgIpc) is 2.95. The molecule has 0 atom stereocenters. The van der Waals surface area contributed by atoms with Crippen LogP contribution in [-0.4, -0.2) is 30.2 Å². The predicted octanol–water partition coefficient (Wildman–Crippen LogP) is 1.57. The third kappa shape index (κ3) is 2.12. The van der Waals surface area contributed by atoms with Crippen molar-refractivity contribution in [2.24, 2.45) is 0 Å². The van der Waals surface area contributed by atoms with Gasteiger partial charge in [0.05, 0.1) is 19.4 Å². The molecule has 0 N–H and O–H groups in total. The Bertz CT molecular complexity index is 558. The van der Waals surface area contributed by atoms with Gasteiger partial charge in [-0.05, 0) is 6.92 Å². The number of aromatic nitrogens is 2. The highest BCUT2D eigenvalue weighted by molar-refractivity contribution is 5.87. The fourth-order valence-corrected chi connectivity index (χ4v) is 1.44. The van der Waals surface area contributed by atoms with E-state index in [1.54, 1.807) is 6.92 Å². The summed E-state index contributed by atoms with van der Waals surface area (Å²) in [5.74, 6) is -0.0527. The number of methoxy groups -OCH3 is 2. The van der Waals surface area contributed by atoms with Crippen LogP contribution in [0.4, 0.5) is 0 Å². The Hall–Kier alpha value is -2.15. The van der Waals surface area contributed by atoms with Gasteiger partial charge in [0.25, 0.3) is 5.89 Å². The number of esters is 1. The van der Waals surface area contributed by atoms with Crippen LogP contribution in [0.25, 0.3) is 11.7 Å². The Morgan fingerprint density at radius 1 is 1.44 bits per heavy atom. The van der Waals surface area contributed by atoms with E-state index in [1.807, 2.05) is 0 Å². The lowest BCUT2D eigenvalue weighted by Crippen LogP contribution is -2.04. The molecule has 0 spiro atoms. The topological polar surface area (TPSA) is 87.6 Å². The number of oxazole rings is 2. The van der Waals surface area contributed by atoms with E-state index in [1.165, 1.54) is 20.6 Å². The molecule has 18 heavy (non-hydrogen) atoms. The number of ether oxygens (including phenoxy) is 2. The van der Waals surface area contributed by atoms with Gasteiger partial charge < -0.3 is 18.3 Å². The first-order valence-corrected chi connectivity index (χ1v) is 5.14. The Kier molecular flexibility index (Phi) is 3.42. The molecule has 0 aliphatic heterocycles. The van der Waals surface area contributed by atoms with Gasteiger partial charge >= 0.3 is 5.97 Å². The smallest absolute Gasteiger partial charge is 0.376 e. The summed E-state index contributed by atoms with van der Waals surface area (Å²) in [6.45, 7) is 1.89. The van der Waals surface area contributed by atoms with E-state index < -0.39 is 5.97 Å². The zero-order chi connectivity index (χ0) is 13.1. The molecule has 2 aromatic heterocycles. The van der Waals surface area contributed by atoms with Gasteiger partial charge in [0.2, 0.25) is 11.5 Å². The van der Waals surface area contributed by atoms with Crippen LogP contribution in [0.1, 0.15) is 21.9 Å². The third-order valence-corrected chi connectivity index (χ3v) is 2.29. The summed E-state index contributed by atoms with van der Waals surface area (Å²) < 4.78 is 20.1. The van der Waals surface area contributed by atoms with Gasteiger partial charge in [-0.25, -0.2) is 14.8 Å². The van der Waals surface area contributed by atoms with E-state index in [-0.39, 0.29) is 18.3 Å². The molecule has 0 unspecified atom stereocenters. The number of nitrogens with zero attached hydrogens (tertiary/aromatic N) is 2. The zero-order valence-electron chi connectivity index (χ0n) is 10.2. The van der Waals surface area contributed by atoms with E-state index in [0.717, 1.165) is 0 Å². The number of hydrogen-bond donors (Lipinski definition) is 0. The SMILES string of the molecule is COCc1nc(-c2ocnc2C)oc1C(=O)OC. The van der Waals surface area contributed by atoms with Crippen LogP contribution in [0.2, 0.25) is 0 Å². The van der Waals surface area contributed by atoms with E-state index in [4.69, 9.17) is 13.6 Å². The molecule has 96 valence electrons. The van der Waals surface area contributed by atoms with Gasteiger partial charge in [0, 0.05) is 7.11 Å². The molecule has 7 nitrogen and oxygen atoms in total. The lowest BCUT2D eigenvalue weighted by molar-refractivity contribution is 0.0559. The molecule has 0 saturated carbocycles. The Balaban J connectivity index is 2.45. The van der Waals surface area contributed by atoms with Crippen molar-refractivity contribution in [3.63, 3.8) is 0 Å². The molecule has 0 saturated heterocycles. The summed E-state index contributed by atoms with van der Waals surface area (Å²) in [5, 5.41) is 0. The fourth-order valence-electron chi connectivity index (χ4n) is 1.44. The maximum Gasteiger partial charge on any atom is 0.376 e. The standard InChI is InChI=1S/C11H12N2O5/c1-6-8(17-5-12-6)10-13-7(4-15-2)9(18-10)11(14)16-3/h5H,4H2,1-3H3. The summed E-state index contributed by atoms with van der Waals surface area (Å²) in [6, 6.07) is 0. The van der Waals surface area contributed by atoms with Crippen LogP contribution in [-0.2, 0) is 16.1 Å². The minimum absolute atomic E-state index is 0.00477. The monoisotopic (exact) mass is 252 g/mol. The minimum atomic E-state index is -0.613. The molecule has 0 amide bonds. The largest absolute Gasteiger partial charge is 0.463 e. The zero-order valence-corrected chi connectivity index (χ0v) is 10.2. The summed E-state index contributed by atoms with van der Waals surface area (Å²) in [6.07, 6.45) is 1.28. The normalized spacial score (nSPS) is 10.6. The molecule has 0 aliphatic rings. The second-order valence-corrected chi connectivity index (χ2v) is 3.49. The van der Waals surface area contributed by atoms with Crippen molar-refractivity contribution in [2.75, 3.05) is 14.2 Å². The highest BCUT2D eigenvalue weighted by Gasteiger charge is 2.23. The van der Waals surface area contributed by atoms with Crippen LogP contribution < -0.4 is 0 Å². The van der Waals surface area contributed by atoms with Gasteiger partial charge in [0.1, 0.15) is 5.69 Å². The van der Waals surface area contributed by atoms with E-state index in [0.29, 0.717) is 17.1 Å². The highest BCUT2D eigenvalue weighted by atomic mass is 16.5. The summed E-state index contributed by atoms with van der Waals surface area (Å²) in [5.41, 5.74) is 0.979. The maximum absolute atomic E-state index is 11.5. The minimum Gasteiger partial charge on any atom is -0.463 e. The van der Waals surface area contributed by atoms with Crippen LogP contribution in [0, 0.1) is 6.92 Å². The van der Waals surface area contributed by atoms with Crippen LogP contribution in [0.15, 0.2) is 15.2 Å². The van der Waals surface area contributed by atoms with Crippen LogP contribution in [0.5, 0.6) is 0 Å². The van der Waals surface area contributed by atoms with Crippen molar-refractivity contribution in [3.05, 3.63) is 23.5 Å². The van der Waals surface area contributed by atoms with Crippen molar-refractivity contribution in [2.45, 2.75) is 13.5 Å². The number of aryl methyl sites for hydroxylation is 1. The van der Waals surface area contributed by atoms with E-state index in [2.05, 4.69) is 14.7 Å². The van der Waals surface area contributed by atoms with Gasteiger partial charge in [-0.1, -0.05) is 0 Å². The lowest BCUT2D eigenvalue weighted by atomic mass is 10.3. The Morgan fingerprint density at radius 2 is 2.22 bits per heavy atom. The number of carbonyl (C=O) groups excluding carboxylic acids is 1. The van der Waals surface area contributed by atoms with Crippen LogP contribution in [0.3, 0.4) is 0 Å². The van der Waals surface area contributed by atoms with Crippen molar-refractivity contribution in [1.29, 1.82) is 0 Å². The van der Waals surface area contributed by atoms with Crippen molar-refractivity contribution in [1.82, 2.24) is 9.97 Å². The van der Waals surface area contributed by atoms with Crippen molar-refractivity contribution < 1.29 is 23.1 Å². The van der Waals surface area contributed by atoms with Crippen LogP contribution >= 0.6 is 0 Å². The molecule has 2 heterocycles. The summed E-state index contributed by atoms with van der Waals surface area (Å²) >= 11 is 0. The molecule has 0 radical (unpaired) electrons. The molecule has 0 aromatic carbocycles. The third-order valence-electron chi connectivity index (χ3n) is 2.29.